The summed E-state index contributed by atoms with van der Waals surface area (Å²) >= 11 is 0. The standard InChI is InChI=1S/C7H12N2/c1-2-6-4-5-8-7(3-1)9-6/h5-7,9H,1-4H2. The molecule has 0 aromatic rings. The lowest BCUT2D eigenvalue weighted by atomic mass is 9.99. The summed E-state index contributed by atoms with van der Waals surface area (Å²) < 4.78 is 0. The van der Waals surface area contributed by atoms with Gasteiger partial charge in [0.15, 0.2) is 0 Å². The summed E-state index contributed by atoms with van der Waals surface area (Å²) in [6.45, 7) is 0. The fourth-order valence-electron chi connectivity index (χ4n) is 1.62. The van der Waals surface area contributed by atoms with Crippen molar-refractivity contribution in [3.8, 4) is 0 Å². The minimum atomic E-state index is 0.470. The predicted molar refractivity (Wildman–Crippen MR) is 37.7 cm³/mol. The minimum Gasteiger partial charge on any atom is -0.293 e. The number of hydrogen-bond donors (Lipinski definition) is 1. The molecule has 2 aliphatic heterocycles. The zero-order chi connectivity index (χ0) is 6.10. The van der Waals surface area contributed by atoms with Crippen LogP contribution in [-0.2, 0) is 0 Å². The molecule has 2 nitrogen and oxygen atoms in total. The fourth-order valence-corrected chi connectivity index (χ4v) is 1.62. The zero-order valence-corrected chi connectivity index (χ0v) is 5.51. The van der Waals surface area contributed by atoms with Gasteiger partial charge >= 0.3 is 0 Å². The number of hydrogen-bond acceptors (Lipinski definition) is 2. The molecule has 1 fully saturated rings. The molecule has 2 aliphatic rings. The molecular weight excluding hydrogens is 112 g/mol. The average Bonchev–Trinajstić information content (AvgIpc) is 1.88. The smallest absolute Gasteiger partial charge is 0.0992 e. The molecule has 0 aliphatic carbocycles. The van der Waals surface area contributed by atoms with E-state index in [0.29, 0.717) is 6.17 Å². The maximum atomic E-state index is 4.31. The number of nitrogens with one attached hydrogen (secondary N) is 1. The quantitative estimate of drug-likeness (QED) is 0.510. The lowest BCUT2D eigenvalue weighted by molar-refractivity contribution is 0.320. The molecule has 2 heteroatoms. The summed E-state index contributed by atoms with van der Waals surface area (Å²) in [6, 6.07) is 0.751. The van der Waals surface area contributed by atoms with Crippen LogP contribution in [-0.4, -0.2) is 18.4 Å². The molecule has 50 valence electrons. The van der Waals surface area contributed by atoms with Gasteiger partial charge in [0, 0.05) is 12.3 Å². The van der Waals surface area contributed by atoms with Gasteiger partial charge in [-0.2, -0.15) is 0 Å². The second-order valence-corrected chi connectivity index (χ2v) is 2.88. The van der Waals surface area contributed by atoms with Crippen LogP contribution in [0.1, 0.15) is 25.7 Å². The monoisotopic (exact) mass is 124 g/mol. The van der Waals surface area contributed by atoms with Crippen molar-refractivity contribution >= 4 is 6.21 Å². The van der Waals surface area contributed by atoms with Crippen LogP contribution in [0.15, 0.2) is 4.99 Å². The number of rotatable bonds is 0. The van der Waals surface area contributed by atoms with E-state index in [-0.39, 0.29) is 0 Å². The van der Waals surface area contributed by atoms with Crippen molar-refractivity contribution in [2.24, 2.45) is 4.99 Å². The molecule has 0 spiro atoms. The highest BCUT2D eigenvalue weighted by atomic mass is 15.1. The highest BCUT2D eigenvalue weighted by Gasteiger charge is 2.21. The summed E-state index contributed by atoms with van der Waals surface area (Å²) in [7, 11) is 0. The van der Waals surface area contributed by atoms with Gasteiger partial charge < -0.3 is 0 Å². The molecule has 0 radical (unpaired) electrons. The van der Waals surface area contributed by atoms with E-state index in [2.05, 4.69) is 16.5 Å². The van der Waals surface area contributed by atoms with Crippen LogP contribution in [0.4, 0.5) is 0 Å². The van der Waals surface area contributed by atoms with Crippen LogP contribution in [0, 0.1) is 0 Å². The van der Waals surface area contributed by atoms with Gasteiger partial charge in [-0.1, -0.05) is 0 Å². The first-order chi connectivity index (χ1) is 4.45. The highest BCUT2D eigenvalue weighted by Crippen LogP contribution is 2.17. The first-order valence-corrected chi connectivity index (χ1v) is 3.73. The van der Waals surface area contributed by atoms with Crippen molar-refractivity contribution in [2.75, 3.05) is 0 Å². The molecule has 2 heterocycles. The zero-order valence-electron chi connectivity index (χ0n) is 5.51. The van der Waals surface area contributed by atoms with E-state index in [1.807, 2.05) is 0 Å². The predicted octanol–water partition coefficient (Wildman–Crippen LogP) is 0.929. The molecule has 0 aromatic carbocycles. The molecule has 1 saturated heterocycles. The molecule has 9 heavy (non-hydrogen) atoms. The van der Waals surface area contributed by atoms with Crippen molar-refractivity contribution in [3.05, 3.63) is 0 Å². The van der Waals surface area contributed by atoms with Gasteiger partial charge in [0.1, 0.15) is 0 Å². The second-order valence-electron chi connectivity index (χ2n) is 2.88. The molecular formula is C7H12N2. The largest absolute Gasteiger partial charge is 0.293 e. The summed E-state index contributed by atoms with van der Waals surface area (Å²) in [5.41, 5.74) is 0. The molecule has 2 bridgehead atoms. The van der Waals surface area contributed by atoms with Gasteiger partial charge in [-0.05, 0) is 25.7 Å². The average molecular weight is 124 g/mol. The number of nitrogens with zero attached hydrogens (tertiary/aromatic N) is 1. The van der Waals surface area contributed by atoms with Crippen LogP contribution in [0.2, 0.25) is 0 Å². The Morgan fingerprint density at radius 2 is 2.44 bits per heavy atom. The van der Waals surface area contributed by atoms with Crippen molar-refractivity contribution in [1.29, 1.82) is 0 Å². The molecule has 2 rings (SSSR count). The summed E-state index contributed by atoms with van der Waals surface area (Å²) in [5.74, 6) is 0. The Morgan fingerprint density at radius 3 is 3.22 bits per heavy atom. The second kappa shape index (κ2) is 2.10. The Morgan fingerprint density at radius 1 is 1.44 bits per heavy atom. The normalized spacial score (nSPS) is 40.9. The van der Waals surface area contributed by atoms with E-state index in [1.54, 1.807) is 0 Å². The van der Waals surface area contributed by atoms with Crippen LogP contribution in [0.3, 0.4) is 0 Å². The van der Waals surface area contributed by atoms with Gasteiger partial charge in [0.25, 0.3) is 0 Å². The first kappa shape index (κ1) is 5.42. The van der Waals surface area contributed by atoms with Crippen molar-refractivity contribution in [3.63, 3.8) is 0 Å². The summed E-state index contributed by atoms with van der Waals surface area (Å²) in [6.07, 6.45) is 7.65. The van der Waals surface area contributed by atoms with Crippen LogP contribution < -0.4 is 5.32 Å². The Hall–Kier alpha value is -0.370. The van der Waals surface area contributed by atoms with Gasteiger partial charge in [0.2, 0.25) is 0 Å². The molecule has 0 saturated carbocycles. The van der Waals surface area contributed by atoms with Gasteiger partial charge in [-0.3, -0.25) is 10.3 Å². The van der Waals surface area contributed by atoms with Gasteiger partial charge in [-0.15, -0.1) is 0 Å². The van der Waals surface area contributed by atoms with Crippen LogP contribution in [0.5, 0.6) is 0 Å². The minimum absolute atomic E-state index is 0.470. The topological polar surface area (TPSA) is 24.4 Å². The SMILES string of the molecule is C1=NC2CCCC(C1)N2. The fraction of sp³-hybridized carbons (Fsp3) is 0.857. The molecule has 2 atom stereocenters. The van der Waals surface area contributed by atoms with E-state index in [1.165, 1.54) is 19.3 Å². The Balaban J connectivity index is 2.09. The first-order valence-electron chi connectivity index (χ1n) is 3.73. The Kier molecular flexibility index (Phi) is 1.27. The molecule has 0 amide bonds. The maximum absolute atomic E-state index is 4.31. The van der Waals surface area contributed by atoms with Gasteiger partial charge in [-0.25, -0.2) is 0 Å². The van der Waals surface area contributed by atoms with Crippen molar-refractivity contribution < 1.29 is 0 Å². The van der Waals surface area contributed by atoms with Crippen LogP contribution >= 0.6 is 0 Å². The Labute approximate surface area is 55.4 Å². The van der Waals surface area contributed by atoms with Crippen molar-refractivity contribution in [1.82, 2.24) is 5.32 Å². The van der Waals surface area contributed by atoms with E-state index >= 15 is 0 Å². The molecule has 1 N–H and O–H groups in total. The van der Waals surface area contributed by atoms with E-state index < -0.39 is 0 Å². The number of fused-ring (bicyclic) bond motifs is 2. The molecule has 2 unspecified atom stereocenters. The van der Waals surface area contributed by atoms with Crippen LogP contribution in [0.25, 0.3) is 0 Å². The summed E-state index contributed by atoms with van der Waals surface area (Å²) in [5, 5.41) is 3.45. The van der Waals surface area contributed by atoms with E-state index in [9.17, 15) is 0 Å². The van der Waals surface area contributed by atoms with Crippen molar-refractivity contribution in [2.45, 2.75) is 37.9 Å². The Bertz CT molecular complexity index is 131. The van der Waals surface area contributed by atoms with E-state index in [4.69, 9.17) is 0 Å². The lowest BCUT2D eigenvalue weighted by Gasteiger charge is -2.31. The third-order valence-corrected chi connectivity index (χ3v) is 2.13. The third kappa shape index (κ3) is 0.990. The highest BCUT2D eigenvalue weighted by molar-refractivity contribution is 5.59. The number of aliphatic imine (C=N–C) groups is 1. The molecule has 0 aromatic heterocycles. The maximum Gasteiger partial charge on any atom is 0.0992 e. The third-order valence-electron chi connectivity index (χ3n) is 2.13. The summed E-state index contributed by atoms with van der Waals surface area (Å²) in [4.78, 5) is 4.31. The van der Waals surface area contributed by atoms with E-state index in [0.717, 1.165) is 12.5 Å². The lowest BCUT2D eigenvalue weighted by Crippen LogP contribution is -2.44. The number of piperidine rings is 1. The van der Waals surface area contributed by atoms with Gasteiger partial charge in [0.05, 0.1) is 6.17 Å².